The van der Waals surface area contributed by atoms with Crippen molar-refractivity contribution in [3.05, 3.63) is 65.4 Å². The molecule has 0 unspecified atom stereocenters. The topological polar surface area (TPSA) is 180 Å². The molecule has 0 radical (unpaired) electrons. The molecule has 6 rings (SSSR count). The minimum absolute atomic E-state index is 0.165. The highest BCUT2D eigenvalue weighted by atomic mass is 16.6. The van der Waals surface area contributed by atoms with Crippen molar-refractivity contribution in [3.63, 3.8) is 0 Å². The second-order valence-corrected chi connectivity index (χ2v) is 14.8. The van der Waals surface area contributed by atoms with Gasteiger partial charge in [-0.3, -0.25) is 4.79 Å². The number of carbonyl (C=O) groups is 1. The Hall–Kier alpha value is -4.60. The number of allylic oxidation sites excluding steroid dienone is 2. The molecule has 3 aromatic rings. The van der Waals surface area contributed by atoms with Gasteiger partial charge in [-0.2, -0.15) is 9.61 Å². The van der Waals surface area contributed by atoms with E-state index in [0.29, 0.717) is 57.9 Å². The van der Waals surface area contributed by atoms with Crippen molar-refractivity contribution in [2.45, 2.75) is 96.2 Å². The van der Waals surface area contributed by atoms with Crippen LogP contribution in [0, 0.1) is 0 Å². The number of aryl methyl sites for hydroxylation is 1. The molecule has 3 aromatic heterocycles. The Morgan fingerprint density at radius 2 is 1.61 bits per heavy atom. The zero-order chi connectivity index (χ0) is 39.0. The number of piperidine rings is 2. The van der Waals surface area contributed by atoms with Crippen molar-refractivity contribution in [2.75, 3.05) is 76.0 Å². The van der Waals surface area contributed by atoms with Crippen LogP contribution in [-0.2, 0) is 32.0 Å². The Morgan fingerprint density at radius 3 is 2.34 bits per heavy atom. The monoisotopic (exact) mass is 774 g/mol. The van der Waals surface area contributed by atoms with Crippen molar-refractivity contribution in [2.24, 2.45) is 11.5 Å². The zero-order valence-corrected chi connectivity index (χ0v) is 33.1. The molecule has 1 aliphatic carbocycles. The second-order valence-electron chi connectivity index (χ2n) is 14.8. The third kappa shape index (κ3) is 12.2. The fourth-order valence-electron chi connectivity index (χ4n) is 7.40. The molecule has 15 heteroatoms. The van der Waals surface area contributed by atoms with Gasteiger partial charge in [-0.25, -0.2) is 9.97 Å². The number of nitrogens with zero attached hydrogens (tertiary/aromatic N) is 6. The van der Waals surface area contributed by atoms with Crippen LogP contribution in [0.3, 0.4) is 0 Å². The van der Waals surface area contributed by atoms with E-state index in [1.807, 2.05) is 29.0 Å². The van der Waals surface area contributed by atoms with Crippen LogP contribution in [0.4, 0.5) is 11.6 Å². The van der Waals surface area contributed by atoms with Crippen LogP contribution in [0.2, 0.25) is 0 Å². The van der Waals surface area contributed by atoms with E-state index in [-0.39, 0.29) is 23.8 Å². The molecule has 306 valence electrons. The number of ether oxygens (including phenoxy) is 4. The Labute approximate surface area is 331 Å². The summed E-state index contributed by atoms with van der Waals surface area (Å²) in [5.41, 5.74) is 15.6. The first-order chi connectivity index (χ1) is 27.5. The van der Waals surface area contributed by atoms with E-state index in [9.17, 15) is 4.79 Å². The maximum absolute atomic E-state index is 12.4. The van der Waals surface area contributed by atoms with Gasteiger partial charge in [0, 0.05) is 62.7 Å². The van der Waals surface area contributed by atoms with Crippen molar-refractivity contribution in [1.82, 2.24) is 29.8 Å². The van der Waals surface area contributed by atoms with Crippen LogP contribution in [0.25, 0.3) is 5.65 Å². The number of hydrogen-bond donors (Lipinski definition) is 4. The number of carbonyl (C=O) groups excluding carboxylic acids is 1. The number of anilines is 2. The summed E-state index contributed by atoms with van der Waals surface area (Å²) in [6, 6.07) is 6.23. The zero-order valence-electron chi connectivity index (χ0n) is 33.1. The summed E-state index contributed by atoms with van der Waals surface area (Å²) in [7, 11) is 0. The van der Waals surface area contributed by atoms with E-state index < -0.39 is 0 Å². The van der Waals surface area contributed by atoms with Gasteiger partial charge in [-0.1, -0.05) is 32.3 Å². The molecular weight excluding hydrogens is 713 g/mol. The standard InChI is InChI=1S/C41H62N10O5/c1-2-32-30-46-51-37(27-38(48-40(32)51)50-17-7-4-8-18-50)44-28-31-11-14-39(45-29-31)56-26-24-54-22-21-53-23-25-55-34-15-19-49(20-16-34)36(43)13-12-35(42)41(52)47-33-9-5-3-6-10-33/h11-14,27,29-30,33-34,44H,2-10,15-26,28,42-43H2,1H3,(H,47,52)/b35-12-,36-13+. The number of rotatable bonds is 20. The molecule has 0 bridgehead atoms. The molecule has 2 saturated heterocycles. The van der Waals surface area contributed by atoms with Crippen LogP contribution >= 0.6 is 0 Å². The summed E-state index contributed by atoms with van der Waals surface area (Å²) in [6.07, 6.45) is 19.1. The average molecular weight is 775 g/mol. The lowest BCUT2D eigenvalue weighted by molar-refractivity contribution is -0.118. The molecule has 0 spiro atoms. The molecule has 0 atom stereocenters. The normalized spacial score (nSPS) is 17.7. The number of amides is 1. The number of pyridine rings is 1. The summed E-state index contributed by atoms with van der Waals surface area (Å²) in [6.45, 7) is 9.22. The lowest BCUT2D eigenvalue weighted by atomic mass is 9.95. The van der Waals surface area contributed by atoms with Crippen LogP contribution in [0.15, 0.2) is 54.3 Å². The SMILES string of the molecule is CCc1cnn2c(NCc3ccc(OCCOCCOCCOC4CCN(/C(N)=C/C=C(\N)C(=O)NC5CCCCC5)CC4)nc3)cc(N3CCCCC3)nc12. The quantitative estimate of drug-likeness (QED) is 0.0727. The smallest absolute Gasteiger partial charge is 0.267 e. The fourth-order valence-corrected chi connectivity index (χ4v) is 7.40. The number of likely N-dealkylation sites (tertiary alicyclic amines) is 1. The van der Waals surface area contributed by atoms with E-state index in [4.69, 9.17) is 35.4 Å². The van der Waals surface area contributed by atoms with Gasteiger partial charge in [0.1, 0.15) is 18.2 Å². The first-order valence-electron chi connectivity index (χ1n) is 20.7. The van der Waals surface area contributed by atoms with E-state index in [2.05, 4.69) is 43.5 Å². The van der Waals surface area contributed by atoms with Gasteiger partial charge in [0.05, 0.1) is 56.9 Å². The van der Waals surface area contributed by atoms with E-state index >= 15 is 0 Å². The van der Waals surface area contributed by atoms with E-state index in [1.165, 1.54) is 25.7 Å². The molecule has 15 nitrogen and oxygen atoms in total. The molecule has 5 heterocycles. The number of nitrogens with two attached hydrogens (primary N) is 2. The summed E-state index contributed by atoms with van der Waals surface area (Å²) in [4.78, 5) is 26.3. The molecule has 1 saturated carbocycles. The second kappa shape index (κ2) is 21.6. The lowest BCUT2D eigenvalue weighted by Crippen LogP contribution is -2.39. The van der Waals surface area contributed by atoms with Gasteiger partial charge in [0.25, 0.3) is 5.91 Å². The van der Waals surface area contributed by atoms with Crippen LogP contribution in [-0.4, -0.2) is 108 Å². The predicted octanol–water partition coefficient (Wildman–Crippen LogP) is 4.27. The highest BCUT2D eigenvalue weighted by molar-refractivity contribution is 5.92. The summed E-state index contributed by atoms with van der Waals surface area (Å²) >= 11 is 0. The Bertz CT molecular complexity index is 1710. The highest BCUT2D eigenvalue weighted by Gasteiger charge is 2.21. The predicted molar refractivity (Wildman–Crippen MR) is 217 cm³/mol. The number of aromatic nitrogens is 4. The number of nitrogens with one attached hydrogen (secondary N) is 2. The lowest BCUT2D eigenvalue weighted by Gasteiger charge is -2.33. The third-order valence-corrected chi connectivity index (χ3v) is 10.7. The van der Waals surface area contributed by atoms with Crippen molar-refractivity contribution in [1.29, 1.82) is 0 Å². The number of fused-ring (bicyclic) bond motifs is 1. The van der Waals surface area contributed by atoms with E-state index in [0.717, 1.165) is 99.5 Å². The minimum Gasteiger partial charge on any atom is -0.475 e. The Kier molecular flexibility index (Phi) is 15.9. The molecule has 1 amide bonds. The molecule has 3 aliphatic rings. The Morgan fingerprint density at radius 1 is 0.875 bits per heavy atom. The maximum Gasteiger partial charge on any atom is 0.267 e. The fraction of sp³-hybridized carbons (Fsp3) is 0.610. The van der Waals surface area contributed by atoms with Crippen molar-refractivity contribution < 1.29 is 23.7 Å². The minimum atomic E-state index is -0.221. The molecule has 56 heavy (non-hydrogen) atoms. The largest absolute Gasteiger partial charge is 0.475 e. The van der Waals surface area contributed by atoms with Gasteiger partial charge in [0.15, 0.2) is 5.65 Å². The molecular formula is C41H62N10O5. The van der Waals surface area contributed by atoms with Crippen LogP contribution < -0.4 is 31.7 Å². The van der Waals surface area contributed by atoms with Crippen LogP contribution in [0.5, 0.6) is 5.88 Å². The van der Waals surface area contributed by atoms with Gasteiger partial charge in [-0.15, -0.1) is 0 Å². The number of hydrogen-bond acceptors (Lipinski definition) is 13. The van der Waals surface area contributed by atoms with E-state index in [1.54, 1.807) is 12.2 Å². The van der Waals surface area contributed by atoms with Gasteiger partial charge in [-0.05, 0) is 69.1 Å². The molecule has 0 aromatic carbocycles. The first kappa shape index (κ1) is 41.0. The summed E-state index contributed by atoms with van der Waals surface area (Å²) in [5, 5.41) is 11.2. The van der Waals surface area contributed by atoms with Crippen molar-refractivity contribution in [3.8, 4) is 5.88 Å². The van der Waals surface area contributed by atoms with Crippen molar-refractivity contribution >= 4 is 23.2 Å². The maximum atomic E-state index is 12.4. The van der Waals surface area contributed by atoms with Gasteiger partial charge < -0.3 is 50.8 Å². The van der Waals surface area contributed by atoms with Gasteiger partial charge >= 0.3 is 0 Å². The Balaban J connectivity index is 0.793. The molecule has 2 aliphatic heterocycles. The third-order valence-electron chi connectivity index (χ3n) is 10.7. The van der Waals surface area contributed by atoms with Gasteiger partial charge in [0.2, 0.25) is 5.88 Å². The average Bonchev–Trinajstić information content (AvgIpc) is 3.67. The van der Waals surface area contributed by atoms with Crippen LogP contribution in [0.1, 0.15) is 82.3 Å². The molecule has 3 fully saturated rings. The summed E-state index contributed by atoms with van der Waals surface area (Å²) in [5.74, 6) is 2.87. The molecule has 6 N–H and O–H groups in total. The summed E-state index contributed by atoms with van der Waals surface area (Å²) < 4.78 is 25.1. The first-order valence-corrected chi connectivity index (χ1v) is 20.7. The highest BCUT2D eigenvalue weighted by Crippen LogP contribution is 2.25.